The Labute approximate surface area is 111 Å². The smallest absolute Gasteiger partial charge is 0.321 e. The molecule has 2 aliphatic rings. The molecule has 18 heavy (non-hydrogen) atoms. The van der Waals surface area contributed by atoms with Gasteiger partial charge in [-0.05, 0) is 30.0 Å². The average molecular weight is 266 g/mol. The molecule has 4 nitrogen and oxygen atoms in total. The molecule has 2 saturated heterocycles. The van der Waals surface area contributed by atoms with E-state index in [-0.39, 0.29) is 6.03 Å². The van der Waals surface area contributed by atoms with Gasteiger partial charge in [0.1, 0.15) is 0 Å². The van der Waals surface area contributed by atoms with Crippen molar-refractivity contribution in [3.63, 3.8) is 0 Å². The van der Waals surface area contributed by atoms with E-state index in [1.165, 1.54) is 0 Å². The molecule has 0 unspecified atom stereocenters. The van der Waals surface area contributed by atoms with Crippen molar-refractivity contribution in [1.29, 1.82) is 0 Å². The second-order valence-electron chi connectivity index (χ2n) is 5.02. The molecule has 2 amide bonds. The molecule has 5 heteroatoms. The molecular weight excluding hydrogens is 250 g/mol. The molecule has 2 fully saturated rings. The number of fused-ring (bicyclic) bond motifs is 1. The zero-order chi connectivity index (χ0) is 12.5. The zero-order valence-electron chi connectivity index (χ0n) is 10.0. The summed E-state index contributed by atoms with van der Waals surface area (Å²) in [5, 5.41) is 6.90. The SMILES string of the molecule is O=C(Nc1cccc(Cl)c1)N1C[C@H]2CNC[C@H]2C1. The summed E-state index contributed by atoms with van der Waals surface area (Å²) in [6.07, 6.45) is 0. The largest absolute Gasteiger partial charge is 0.324 e. The van der Waals surface area contributed by atoms with E-state index in [1.54, 1.807) is 12.1 Å². The number of nitrogens with zero attached hydrogens (tertiary/aromatic N) is 1. The van der Waals surface area contributed by atoms with E-state index in [4.69, 9.17) is 11.6 Å². The number of likely N-dealkylation sites (tertiary alicyclic amines) is 1. The molecule has 0 spiro atoms. The standard InChI is InChI=1S/C13H16ClN3O/c14-11-2-1-3-12(4-11)16-13(18)17-7-9-5-15-6-10(9)8-17/h1-4,9-10,15H,5-8H2,(H,16,18)/t9-,10+. The third-order valence-corrected chi connectivity index (χ3v) is 3.99. The number of urea groups is 1. The molecule has 2 heterocycles. The fourth-order valence-corrected chi connectivity index (χ4v) is 2.98. The van der Waals surface area contributed by atoms with Crippen LogP contribution in [0.2, 0.25) is 5.02 Å². The van der Waals surface area contributed by atoms with Crippen molar-refractivity contribution in [3.05, 3.63) is 29.3 Å². The van der Waals surface area contributed by atoms with Gasteiger partial charge in [0.15, 0.2) is 0 Å². The van der Waals surface area contributed by atoms with Gasteiger partial charge in [0, 0.05) is 36.9 Å². The number of hydrogen-bond acceptors (Lipinski definition) is 2. The van der Waals surface area contributed by atoms with E-state index >= 15 is 0 Å². The lowest BCUT2D eigenvalue weighted by atomic mass is 10.0. The Balaban J connectivity index is 1.62. The molecule has 0 bridgehead atoms. The first-order valence-corrected chi connectivity index (χ1v) is 6.62. The quantitative estimate of drug-likeness (QED) is 0.816. The summed E-state index contributed by atoms with van der Waals surface area (Å²) < 4.78 is 0. The maximum Gasteiger partial charge on any atom is 0.321 e. The summed E-state index contributed by atoms with van der Waals surface area (Å²) in [5.74, 6) is 1.24. The first-order chi connectivity index (χ1) is 8.72. The second-order valence-corrected chi connectivity index (χ2v) is 5.46. The van der Waals surface area contributed by atoms with Crippen LogP contribution in [0.25, 0.3) is 0 Å². The van der Waals surface area contributed by atoms with Gasteiger partial charge in [0.05, 0.1) is 0 Å². The second kappa shape index (κ2) is 4.78. The van der Waals surface area contributed by atoms with Crippen molar-refractivity contribution in [3.8, 4) is 0 Å². The van der Waals surface area contributed by atoms with Crippen LogP contribution in [0, 0.1) is 11.8 Å². The molecule has 1 aromatic carbocycles. The van der Waals surface area contributed by atoms with Gasteiger partial charge >= 0.3 is 6.03 Å². The van der Waals surface area contributed by atoms with Crippen molar-refractivity contribution >= 4 is 23.3 Å². The highest BCUT2D eigenvalue weighted by atomic mass is 35.5. The Bertz CT molecular complexity index is 453. The van der Waals surface area contributed by atoms with Gasteiger partial charge in [-0.25, -0.2) is 4.79 Å². The van der Waals surface area contributed by atoms with Crippen LogP contribution in [0.1, 0.15) is 0 Å². The molecule has 0 aliphatic carbocycles. The molecule has 2 atom stereocenters. The molecule has 2 N–H and O–H groups in total. The van der Waals surface area contributed by atoms with Crippen LogP contribution in [0.3, 0.4) is 0 Å². The van der Waals surface area contributed by atoms with Crippen LogP contribution in [0.4, 0.5) is 10.5 Å². The van der Waals surface area contributed by atoms with Gasteiger partial charge in [-0.3, -0.25) is 0 Å². The van der Waals surface area contributed by atoms with Gasteiger partial charge in [-0.15, -0.1) is 0 Å². The molecule has 0 radical (unpaired) electrons. The third-order valence-electron chi connectivity index (χ3n) is 3.75. The number of anilines is 1. The van der Waals surface area contributed by atoms with Crippen LogP contribution in [-0.4, -0.2) is 37.1 Å². The molecular formula is C13H16ClN3O. The Kier molecular flexibility index (Phi) is 3.14. The summed E-state index contributed by atoms with van der Waals surface area (Å²) in [6, 6.07) is 7.22. The van der Waals surface area contributed by atoms with Crippen molar-refractivity contribution in [2.24, 2.45) is 11.8 Å². The van der Waals surface area contributed by atoms with Crippen molar-refractivity contribution in [2.75, 3.05) is 31.5 Å². The molecule has 1 aromatic rings. The predicted molar refractivity (Wildman–Crippen MR) is 71.9 cm³/mol. The van der Waals surface area contributed by atoms with Crippen LogP contribution in [0.15, 0.2) is 24.3 Å². The lowest BCUT2D eigenvalue weighted by Crippen LogP contribution is -2.35. The molecule has 0 saturated carbocycles. The van der Waals surface area contributed by atoms with E-state index < -0.39 is 0 Å². The number of benzene rings is 1. The highest BCUT2D eigenvalue weighted by Crippen LogP contribution is 2.26. The van der Waals surface area contributed by atoms with Crippen LogP contribution in [0.5, 0.6) is 0 Å². The summed E-state index contributed by atoms with van der Waals surface area (Å²) in [6.45, 7) is 3.77. The third kappa shape index (κ3) is 2.31. The summed E-state index contributed by atoms with van der Waals surface area (Å²) in [4.78, 5) is 14.0. The molecule has 3 rings (SSSR count). The molecule has 96 valence electrons. The van der Waals surface area contributed by atoms with Gasteiger partial charge in [0.25, 0.3) is 0 Å². The van der Waals surface area contributed by atoms with E-state index in [0.29, 0.717) is 16.9 Å². The Morgan fingerprint density at radius 1 is 1.33 bits per heavy atom. The van der Waals surface area contributed by atoms with Crippen LogP contribution < -0.4 is 10.6 Å². The van der Waals surface area contributed by atoms with Gasteiger partial charge in [-0.2, -0.15) is 0 Å². The van der Waals surface area contributed by atoms with E-state index in [0.717, 1.165) is 31.9 Å². The highest BCUT2D eigenvalue weighted by molar-refractivity contribution is 6.30. The zero-order valence-corrected chi connectivity index (χ0v) is 10.8. The summed E-state index contributed by atoms with van der Waals surface area (Å²) >= 11 is 5.89. The average Bonchev–Trinajstić information content (AvgIpc) is 2.88. The van der Waals surface area contributed by atoms with Gasteiger partial charge in [0.2, 0.25) is 0 Å². The monoisotopic (exact) mass is 265 g/mol. The van der Waals surface area contributed by atoms with Crippen molar-refractivity contribution in [1.82, 2.24) is 10.2 Å². The Hall–Kier alpha value is -1.26. The predicted octanol–water partition coefficient (Wildman–Crippen LogP) is 2.02. The summed E-state index contributed by atoms with van der Waals surface area (Å²) in [5.41, 5.74) is 0.752. The first-order valence-electron chi connectivity index (χ1n) is 6.24. The minimum Gasteiger partial charge on any atom is -0.324 e. The number of rotatable bonds is 1. The van der Waals surface area contributed by atoms with E-state index in [1.807, 2.05) is 17.0 Å². The first kappa shape index (κ1) is 11.8. The number of carbonyl (C=O) groups is 1. The van der Waals surface area contributed by atoms with Crippen LogP contribution in [-0.2, 0) is 0 Å². The topological polar surface area (TPSA) is 44.4 Å². The van der Waals surface area contributed by atoms with Crippen molar-refractivity contribution in [2.45, 2.75) is 0 Å². The van der Waals surface area contributed by atoms with Gasteiger partial charge in [-0.1, -0.05) is 17.7 Å². The minimum atomic E-state index is -0.0216. The maximum absolute atomic E-state index is 12.1. The lowest BCUT2D eigenvalue weighted by Gasteiger charge is -2.18. The van der Waals surface area contributed by atoms with E-state index in [2.05, 4.69) is 10.6 Å². The Morgan fingerprint density at radius 3 is 2.72 bits per heavy atom. The summed E-state index contributed by atoms with van der Waals surface area (Å²) in [7, 11) is 0. The lowest BCUT2D eigenvalue weighted by molar-refractivity contribution is 0.219. The number of amides is 2. The maximum atomic E-state index is 12.1. The normalized spacial score (nSPS) is 26.2. The van der Waals surface area contributed by atoms with Gasteiger partial charge < -0.3 is 15.5 Å². The Morgan fingerprint density at radius 2 is 2.06 bits per heavy atom. The fraction of sp³-hybridized carbons (Fsp3) is 0.462. The number of nitrogens with one attached hydrogen (secondary N) is 2. The van der Waals surface area contributed by atoms with Crippen molar-refractivity contribution < 1.29 is 4.79 Å². The number of hydrogen-bond donors (Lipinski definition) is 2. The number of halogens is 1. The molecule has 2 aliphatic heterocycles. The minimum absolute atomic E-state index is 0.0216. The number of carbonyl (C=O) groups excluding carboxylic acids is 1. The van der Waals surface area contributed by atoms with Crippen LogP contribution >= 0.6 is 11.6 Å². The van der Waals surface area contributed by atoms with E-state index in [9.17, 15) is 4.79 Å². The molecule has 0 aromatic heterocycles. The highest BCUT2D eigenvalue weighted by Gasteiger charge is 2.37. The fourth-order valence-electron chi connectivity index (χ4n) is 2.79.